The lowest BCUT2D eigenvalue weighted by molar-refractivity contribution is 0.0664. The lowest BCUT2D eigenvalue weighted by Gasteiger charge is -2.32. The molecule has 2 aromatic carbocycles. The van der Waals surface area contributed by atoms with Crippen LogP contribution in [0.4, 0.5) is 5.13 Å². The van der Waals surface area contributed by atoms with E-state index in [9.17, 15) is 4.79 Å². The molecule has 1 N–H and O–H groups in total. The molecule has 7 nitrogen and oxygen atoms in total. The van der Waals surface area contributed by atoms with Gasteiger partial charge in [-0.3, -0.25) is 9.78 Å². The molecule has 1 saturated heterocycles. The van der Waals surface area contributed by atoms with Gasteiger partial charge in [-0.25, -0.2) is 4.98 Å². The molecule has 4 aromatic rings. The van der Waals surface area contributed by atoms with Crippen molar-refractivity contribution in [2.75, 3.05) is 38.5 Å². The van der Waals surface area contributed by atoms with Gasteiger partial charge in [-0.1, -0.05) is 42.7 Å². The van der Waals surface area contributed by atoms with Gasteiger partial charge in [0.25, 0.3) is 5.91 Å². The van der Waals surface area contributed by atoms with Crippen LogP contribution in [0.2, 0.25) is 0 Å². The molecule has 38 heavy (non-hydrogen) atoms. The number of amides is 1. The summed E-state index contributed by atoms with van der Waals surface area (Å²) in [5, 5.41) is 4.62. The van der Waals surface area contributed by atoms with E-state index in [1.165, 1.54) is 32.1 Å². The first kappa shape index (κ1) is 24.8. The summed E-state index contributed by atoms with van der Waals surface area (Å²) in [6.07, 6.45) is 8.13. The SMILES string of the molecule is CN1CCN(C(=O)c2cccc(-c3cc(Oc4ccc5nc(NC6CCCCC6)sc5c4)ccn3)c2)CC1. The van der Waals surface area contributed by atoms with Crippen LogP contribution in [0, 0.1) is 0 Å². The maximum Gasteiger partial charge on any atom is 0.253 e. The number of carbonyl (C=O) groups is 1. The molecule has 1 amide bonds. The van der Waals surface area contributed by atoms with Gasteiger partial charge in [0.05, 0.1) is 15.9 Å². The van der Waals surface area contributed by atoms with Crippen molar-refractivity contribution in [3.05, 3.63) is 66.4 Å². The maximum absolute atomic E-state index is 13.1. The first-order chi connectivity index (χ1) is 18.6. The third-order valence-corrected chi connectivity index (χ3v) is 8.40. The van der Waals surface area contributed by atoms with Gasteiger partial charge in [-0.2, -0.15) is 0 Å². The molecule has 1 saturated carbocycles. The Balaban J connectivity index is 1.16. The van der Waals surface area contributed by atoms with Gasteiger partial charge in [0, 0.05) is 61.7 Å². The highest BCUT2D eigenvalue weighted by atomic mass is 32.1. The van der Waals surface area contributed by atoms with E-state index in [0.29, 0.717) is 17.4 Å². The van der Waals surface area contributed by atoms with E-state index in [-0.39, 0.29) is 5.91 Å². The lowest BCUT2D eigenvalue weighted by atomic mass is 9.96. The fraction of sp³-hybridized carbons (Fsp3) is 0.367. The monoisotopic (exact) mass is 527 g/mol. The summed E-state index contributed by atoms with van der Waals surface area (Å²) >= 11 is 1.68. The number of rotatable bonds is 6. The highest BCUT2D eigenvalue weighted by molar-refractivity contribution is 7.22. The molecule has 8 heteroatoms. The van der Waals surface area contributed by atoms with E-state index in [1.807, 2.05) is 53.4 Å². The minimum atomic E-state index is 0.0718. The summed E-state index contributed by atoms with van der Waals surface area (Å²) < 4.78 is 7.33. The third-order valence-electron chi connectivity index (χ3n) is 7.46. The number of piperazine rings is 1. The van der Waals surface area contributed by atoms with Crippen molar-refractivity contribution >= 4 is 32.6 Å². The second kappa shape index (κ2) is 11.1. The third kappa shape index (κ3) is 5.66. The summed E-state index contributed by atoms with van der Waals surface area (Å²) in [4.78, 5) is 26.6. The quantitative estimate of drug-likeness (QED) is 0.318. The number of carbonyl (C=O) groups excluding carboxylic acids is 1. The molecular formula is C30H33N5O2S. The average molecular weight is 528 g/mol. The summed E-state index contributed by atoms with van der Waals surface area (Å²) in [7, 11) is 2.09. The Labute approximate surface area is 227 Å². The number of fused-ring (bicyclic) bond motifs is 1. The van der Waals surface area contributed by atoms with Crippen LogP contribution in [0.15, 0.2) is 60.8 Å². The fourth-order valence-corrected chi connectivity index (χ4v) is 6.20. The van der Waals surface area contributed by atoms with Crippen LogP contribution in [0.5, 0.6) is 11.5 Å². The van der Waals surface area contributed by atoms with Crippen molar-refractivity contribution in [2.45, 2.75) is 38.1 Å². The minimum Gasteiger partial charge on any atom is -0.457 e. The maximum atomic E-state index is 13.1. The first-order valence-corrected chi connectivity index (χ1v) is 14.3. The van der Waals surface area contributed by atoms with Crippen LogP contribution in [0.25, 0.3) is 21.5 Å². The predicted molar refractivity (Wildman–Crippen MR) is 153 cm³/mol. The number of pyridine rings is 1. The topological polar surface area (TPSA) is 70.6 Å². The smallest absolute Gasteiger partial charge is 0.253 e. The van der Waals surface area contributed by atoms with Crippen LogP contribution in [-0.2, 0) is 0 Å². The number of nitrogens with zero attached hydrogens (tertiary/aromatic N) is 4. The molecule has 1 aliphatic heterocycles. The van der Waals surface area contributed by atoms with Gasteiger partial charge < -0.3 is 19.9 Å². The Kier molecular flexibility index (Phi) is 7.25. The molecule has 2 fully saturated rings. The van der Waals surface area contributed by atoms with Crippen LogP contribution in [0.1, 0.15) is 42.5 Å². The molecule has 0 bridgehead atoms. The van der Waals surface area contributed by atoms with E-state index in [1.54, 1.807) is 17.5 Å². The second-order valence-electron chi connectivity index (χ2n) is 10.3. The molecule has 0 radical (unpaired) electrons. The second-order valence-corrected chi connectivity index (χ2v) is 11.3. The van der Waals surface area contributed by atoms with Gasteiger partial charge in [0.15, 0.2) is 5.13 Å². The first-order valence-electron chi connectivity index (χ1n) is 13.5. The number of aromatic nitrogens is 2. The molecule has 0 spiro atoms. The largest absolute Gasteiger partial charge is 0.457 e. The van der Waals surface area contributed by atoms with E-state index in [4.69, 9.17) is 9.72 Å². The van der Waals surface area contributed by atoms with Gasteiger partial charge in [0.1, 0.15) is 11.5 Å². The molecular weight excluding hydrogens is 494 g/mol. The zero-order chi connectivity index (χ0) is 25.9. The summed E-state index contributed by atoms with van der Waals surface area (Å²) in [6.45, 7) is 3.31. The van der Waals surface area contributed by atoms with Gasteiger partial charge in [-0.05, 0) is 50.2 Å². The van der Waals surface area contributed by atoms with Crippen molar-refractivity contribution < 1.29 is 9.53 Å². The van der Waals surface area contributed by atoms with Crippen LogP contribution in [0.3, 0.4) is 0 Å². The van der Waals surface area contributed by atoms with E-state index in [0.717, 1.165) is 58.5 Å². The lowest BCUT2D eigenvalue weighted by Crippen LogP contribution is -2.47. The Hall–Kier alpha value is -3.49. The zero-order valence-electron chi connectivity index (χ0n) is 21.7. The van der Waals surface area contributed by atoms with Gasteiger partial charge >= 0.3 is 0 Å². The Morgan fingerprint density at radius 1 is 0.974 bits per heavy atom. The molecule has 6 rings (SSSR count). The number of nitrogens with one attached hydrogen (secondary N) is 1. The number of hydrogen-bond acceptors (Lipinski definition) is 7. The molecule has 0 atom stereocenters. The molecule has 1 aliphatic carbocycles. The zero-order valence-corrected chi connectivity index (χ0v) is 22.5. The normalized spacial score (nSPS) is 17.0. The van der Waals surface area contributed by atoms with Crippen LogP contribution < -0.4 is 10.1 Å². The number of hydrogen-bond donors (Lipinski definition) is 1. The minimum absolute atomic E-state index is 0.0718. The molecule has 3 heterocycles. The van der Waals surface area contributed by atoms with Crippen molar-refractivity contribution in [1.82, 2.24) is 19.8 Å². The average Bonchev–Trinajstić information content (AvgIpc) is 3.35. The molecule has 0 unspecified atom stereocenters. The van der Waals surface area contributed by atoms with Crippen molar-refractivity contribution in [1.29, 1.82) is 0 Å². The molecule has 2 aliphatic rings. The number of likely N-dealkylation sites (N-methyl/N-ethyl adjacent to an activating group) is 1. The van der Waals surface area contributed by atoms with Gasteiger partial charge in [-0.15, -0.1) is 0 Å². The van der Waals surface area contributed by atoms with Crippen molar-refractivity contribution in [3.8, 4) is 22.8 Å². The standard InChI is InChI=1S/C30H33N5O2S/c1-34-14-16-35(17-15-34)29(36)22-7-5-6-21(18-22)27-19-25(12-13-31-27)37-24-10-11-26-28(20-24)38-30(33-26)32-23-8-3-2-4-9-23/h5-7,10-13,18-20,23H,2-4,8-9,14-17H2,1H3,(H,32,33). The summed E-state index contributed by atoms with van der Waals surface area (Å²) in [6, 6.07) is 18.1. The highest BCUT2D eigenvalue weighted by Gasteiger charge is 2.21. The van der Waals surface area contributed by atoms with Crippen molar-refractivity contribution in [3.63, 3.8) is 0 Å². The van der Waals surface area contributed by atoms with E-state index >= 15 is 0 Å². The van der Waals surface area contributed by atoms with Crippen molar-refractivity contribution in [2.24, 2.45) is 0 Å². The highest BCUT2D eigenvalue weighted by Crippen LogP contribution is 2.33. The summed E-state index contributed by atoms with van der Waals surface area (Å²) in [5.74, 6) is 1.54. The Bertz CT molecular complexity index is 1420. The van der Waals surface area contributed by atoms with Crippen LogP contribution >= 0.6 is 11.3 Å². The number of benzene rings is 2. The van der Waals surface area contributed by atoms with E-state index < -0.39 is 0 Å². The summed E-state index contributed by atoms with van der Waals surface area (Å²) in [5.41, 5.74) is 3.34. The number of thiazole rings is 1. The molecule has 2 aromatic heterocycles. The number of anilines is 1. The molecule has 196 valence electrons. The van der Waals surface area contributed by atoms with Gasteiger partial charge in [0.2, 0.25) is 0 Å². The van der Waals surface area contributed by atoms with E-state index in [2.05, 4.69) is 28.3 Å². The number of ether oxygens (including phenoxy) is 1. The Morgan fingerprint density at radius 2 is 1.79 bits per heavy atom. The Morgan fingerprint density at radius 3 is 2.63 bits per heavy atom. The predicted octanol–water partition coefficient (Wildman–Crippen LogP) is 6.28. The van der Waals surface area contributed by atoms with Crippen LogP contribution in [-0.4, -0.2) is 64.9 Å². The fourth-order valence-electron chi connectivity index (χ4n) is 5.22.